The highest BCUT2D eigenvalue weighted by molar-refractivity contribution is 14.1. The Morgan fingerprint density at radius 3 is 2.48 bits per heavy atom. The normalized spacial score (nSPS) is 17.2. The topological polar surface area (TPSA) is 18.5 Å². The minimum absolute atomic E-state index is 0.666. The van der Waals surface area contributed by atoms with Crippen LogP contribution in [0.5, 0.6) is 11.5 Å². The van der Waals surface area contributed by atoms with Crippen LogP contribution in [0.25, 0.3) is 11.1 Å². The highest BCUT2D eigenvalue weighted by Crippen LogP contribution is 2.44. The number of fused-ring (bicyclic) bond motifs is 1. The average molecular weight is 394 g/mol. The molecule has 0 N–H and O–H groups in total. The van der Waals surface area contributed by atoms with Crippen molar-refractivity contribution in [2.75, 3.05) is 14.2 Å². The number of methoxy groups -OCH3 is 2. The maximum absolute atomic E-state index is 5.65. The summed E-state index contributed by atoms with van der Waals surface area (Å²) in [5, 5.41) is 0. The van der Waals surface area contributed by atoms with Crippen LogP contribution in [0.2, 0.25) is 0 Å². The molecule has 0 aliphatic heterocycles. The quantitative estimate of drug-likeness (QED) is 0.557. The van der Waals surface area contributed by atoms with E-state index in [-0.39, 0.29) is 0 Å². The number of rotatable bonds is 3. The predicted molar refractivity (Wildman–Crippen MR) is 94.8 cm³/mol. The number of alkyl halides is 1. The van der Waals surface area contributed by atoms with Gasteiger partial charge in [-0.05, 0) is 42.0 Å². The van der Waals surface area contributed by atoms with Gasteiger partial charge in [0, 0.05) is 9.49 Å². The summed E-state index contributed by atoms with van der Waals surface area (Å²) in [6, 6.07) is 12.7. The molecule has 0 heterocycles. The molecule has 0 saturated carbocycles. The fourth-order valence-electron chi connectivity index (χ4n) is 3.11. The van der Waals surface area contributed by atoms with Crippen molar-refractivity contribution in [1.29, 1.82) is 0 Å². The molecule has 3 heteroatoms. The summed E-state index contributed by atoms with van der Waals surface area (Å²) in [5.41, 5.74) is 5.28. The summed E-state index contributed by atoms with van der Waals surface area (Å²) in [6.45, 7) is 0. The number of benzene rings is 2. The predicted octanol–water partition coefficient (Wildman–Crippen LogP) is 4.66. The van der Waals surface area contributed by atoms with Crippen LogP contribution in [-0.4, -0.2) is 18.1 Å². The average Bonchev–Trinajstić information content (AvgIpc) is 2.53. The van der Waals surface area contributed by atoms with Crippen molar-refractivity contribution in [1.82, 2.24) is 0 Å². The monoisotopic (exact) mass is 394 g/mol. The Kier molecular flexibility index (Phi) is 4.38. The maximum atomic E-state index is 5.65. The number of hydrogen-bond donors (Lipinski definition) is 0. The van der Waals surface area contributed by atoms with Crippen LogP contribution in [0, 0.1) is 0 Å². The molecule has 0 saturated heterocycles. The summed E-state index contributed by atoms with van der Waals surface area (Å²) in [6.07, 6.45) is 3.38. The summed E-state index contributed by atoms with van der Waals surface area (Å²) in [5.74, 6) is 1.74. The van der Waals surface area contributed by atoms with Gasteiger partial charge in [0.1, 0.15) is 0 Å². The lowest BCUT2D eigenvalue weighted by atomic mass is 9.85. The van der Waals surface area contributed by atoms with E-state index in [2.05, 4.69) is 59.0 Å². The minimum Gasteiger partial charge on any atom is -0.493 e. The van der Waals surface area contributed by atoms with Gasteiger partial charge in [-0.3, -0.25) is 0 Å². The third kappa shape index (κ3) is 2.76. The first kappa shape index (κ1) is 14.7. The van der Waals surface area contributed by atoms with Gasteiger partial charge in [0.05, 0.1) is 14.2 Å². The van der Waals surface area contributed by atoms with E-state index in [9.17, 15) is 0 Å². The molecular formula is C18H19IO2. The molecule has 0 aromatic heterocycles. The van der Waals surface area contributed by atoms with Crippen LogP contribution in [0.1, 0.15) is 17.5 Å². The van der Waals surface area contributed by atoms with Crippen molar-refractivity contribution >= 4 is 22.6 Å². The van der Waals surface area contributed by atoms with Crippen LogP contribution in [0.3, 0.4) is 0 Å². The second-order valence-electron chi connectivity index (χ2n) is 5.32. The zero-order valence-corrected chi connectivity index (χ0v) is 14.5. The van der Waals surface area contributed by atoms with Crippen molar-refractivity contribution in [3.63, 3.8) is 0 Å². The molecule has 2 aromatic rings. The minimum atomic E-state index is 0.666. The summed E-state index contributed by atoms with van der Waals surface area (Å²) >= 11 is 2.54. The molecule has 21 heavy (non-hydrogen) atoms. The Morgan fingerprint density at radius 2 is 1.81 bits per heavy atom. The number of ether oxygens (including phenoxy) is 2. The first-order valence-corrected chi connectivity index (χ1v) is 8.45. The van der Waals surface area contributed by atoms with Crippen LogP contribution in [0.4, 0.5) is 0 Å². The van der Waals surface area contributed by atoms with Crippen molar-refractivity contribution < 1.29 is 9.47 Å². The largest absolute Gasteiger partial charge is 0.493 e. The molecule has 0 radical (unpaired) electrons. The van der Waals surface area contributed by atoms with E-state index in [1.807, 2.05) is 0 Å². The fraction of sp³-hybridized carbons (Fsp3) is 0.333. The van der Waals surface area contributed by atoms with E-state index < -0.39 is 0 Å². The molecule has 110 valence electrons. The maximum Gasteiger partial charge on any atom is 0.164 e. The smallest absolute Gasteiger partial charge is 0.164 e. The Morgan fingerprint density at radius 1 is 1.05 bits per heavy atom. The zero-order chi connectivity index (χ0) is 14.8. The number of hydrogen-bond acceptors (Lipinski definition) is 2. The fourth-order valence-corrected chi connectivity index (χ4v) is 3.86. The Labute approximate surface area is 139 Å². The van der Waals surface area contributed by atoms with Crippen LogP contribution in [0.15, 0.2) is 36.4 Å². The van der Waals surface area contributed by atoms with Crippen LogP contribution >= 0.6 is 22.6 Å². The third-order valence-corrected chi connectivity index (χ3v) is 5.17. The third-order valence-electron chi connectivity index (χ3n) is 4.10. The van der Waals surface area contributed by atoms with Gasteiger partial charge < -0.3 is 9.47 Å². The van der Waals surface area contributed by atoms with Gasteiger partial charge in [0.2, 0.25) is 0 Å². The van der Waals surface area contributed by atoms with Gasteiger partial charge in [0.25, 0.3) is 0 Å². The van der Waals surface area contributed by atoms with Gasteiger partial charge in [0.15, 0.2) is 11.5 Å². The SMILES string of the molecule is COc1cc(-c2ccccc2)c2c(c1OC)CC(I)CC2. The molecule has 1 atom stereocenters. The molecule has 2 aromatic carbocycles. The Balaban J connectivity index is 2.24. The highest BCUT2D eigenvalue weighted by atomic mass is 127. The molecule has 0 amide bonds. The standard InChI is InChI=1S/C18H19IO2/c1-20-17-11-15(12-6-4-3-5-7-12)14-9-8-13(19)10-16(14)18(17)21-2/h3-7,11,13H,8-10H2,1-2H3. The summed E-state index contributed by atoms with van der Waals surface area (Å²) in [7, 11) is 3.44. The lowest BCUT2D eigenvalue weighted by Gasteiger charge is -2.26. The second-order valence-corrected chi connectivity index (χ2v) is 7.08. The number of halogens is 1. The molecule has 0 fully saturated rings. The first-order valence-electron chi connectivity index (χ1n) is 7.20. The molecule has 3 rings (SSSR count). The Hall–Kier alpha value is -1.23. The van der Waals surface area contributed by atoms with E-state index in [4.69, 9.17) is 9.47 Å². The van der Waals surface area contributed by atoms with Crippen molar-refractivity contribution in [2.45, 2.75) is 23.2 Å². The van der Waals surface area contributed by atoms with Crippen LogP contribution in [-0.2, 0) is 12.8 Å². The first-order chi connectivity index (χ1) is 10.2. The van der Waals surface area contributed by atoms with E-state index in [1.54, 1.807) is 14.2 Å². The van der Waals surface area contributed by atoms with Gasteiger partial charge in [-0.15, -0.1) is 0 Å². The van der Waals surface area contributed by atoms with E-state index in [1.165, 1.54) is 28.7 Å². The van der Waals surface area contributed by atoms with Crippen molar-refractivity contribution in [2.24, 2.45) is 0 Å². The lowest BCUT2D eigenvalue weighted by molar-refractivity contribution is 0.350. The van der Waals surface area contributed by atoms with Gasteiger partial charge in [-0.2, -0.15) is 0 Å². The van der Waals surface area contributed by atoms with E-state index in [0.29, 0.717) is 3.92 Å². The molecular weight excluding hydrogens is 375 g/mol. The highest BCUT2D eigenvalue weighted by Gasteiger charge is 2.25. The van der Waals surface area contributed by atoms with Gasteiger partial charge in [-0.25, -0.2) is 0 Å². The second kappa shape index (κ2) is 6.26. The van der Waals surface area contributed by atoms with Crippen molar-refractivity contribution in [3.8, 4) is 22.6 Å². The molecule has 0 spiro atoms. The van der Waals surface area contributed by atoms with E-state index >= 15 is 0 Å². The molecule has 2 nitrogen and oxygen atoms in total. The van der Waals surface area contributed by atoms with Gasteiger partial charge in [-0.1, -0.05) is 52.9 Å². The lowest BCUT2D eigenvalue weighted by Crippen LogP contribution is -2.16. The molecule has 0 bridgehead atoms. The van der Waals surface area contributed by atoms with Crippen molar-refractivity contribution in [3.05, 3.63) is 47.5 Å². The molecule has 1 aliphatic rings. The Bertz CT molecular complexity index is 637. The van der Waals surface area contributed by atoms with Crippen LogP contribution < -0.4 is 9.47 Å². The summed E-state index contributed by atoms with van der Waals surface area (Å²) < 4.78 is 11.9. The molecule has 1 unspecified atom stereocenters. The van der Waals surface area contributed by atoms with Gasteiger partial charge >= 0.3 is 0 Å². The summed E-state index contributed by atoms with van der Waals surface area (Å²) in [4.78, 5) is 0. The zero-order valence-electron chi connectivity index (χ0n) is 12.4. The molecule has 1 aliphatic carbocycles. The van der Waals surface area contributed by atoms with E-state index in [0.717, 1.165) is 24.3 Å².